The summed E-state index contributed by atoms with van der Waals surface area (Å²) < 4.78 is 1.74. The Balaban J connectivity index is 2.25. The highest BCUT2D eigenvalue weighted by Crippen LogP contribution is 1.88. The van der Waals surface area contributed by atoms with E-state index in [0.29, 0.717) is 25.2 Å². The smallest absolute Gasteiger partial charge is 0.276 e. The maximum Gasteiger partial charge on any atom is 0.276 e. The molecular formula is C12H18N5O3+. The predicted molar refractivity (Wildman–Crippen MR) is 70.3 cm³/mol. The zero-order chi connectivity index (χ0) is 15.0. The van der Waals surface area contributed by atoms with Gasteiger partial charge in [0.05, 0.1) is 6.20 Å². The second-order valence-corrected chi connectivity index (χ2v) is 4.16. The molecule has 0 saturated heterocycles. The Hall–Kier alpha value is -2.51. The molecule has 8 heteroatoms. The molecule has 0 fully saturated rings. The van der Waals surface area contributed by atoms with Gasteiger partial charge in [-0.2, -0.15) is 0 Å². The molecule has 1 heterocycles. The van der Waals surface area contributed by atoms with Crippen molar-refractivity contribution in [2.45, 2.75) is 13.3 Å². The van der Waals surface area contributed by atoms with Crippen LogP contribution in [0.5, 0.6) is 0 Å². The standard InChI is InChI=1S/C12H17N5O3/c1-9(16-20)11(18)14-4-3-5-15-12(19)10-8-17(2)7-6-13-10/h6-8H,3-5H2,1-2H3,(H2-,14,15,18,19,20)/p+1. The number of aromatic nitrogens is 2. The molecule has 1 rings (SSSR count). The van der Waals surface area contributed by atoms with Gasteiger partial charge in [0.2, 0.25) is 0 Å². The van der Waals surface area contributed by atoms with Crippen molar-refractivity contribution in [1.82, 2.24) is 15.6 Å². The van der Waals surface area contributed by atoms with Crippen molar-refractivity contribution in [1.29, 1.82) is 0 Å². The molecule has 2 amide bonds. The fourth-order valence-electron chi connectivity index (χ4n) is 1.36. The molecule has 0 unspecified atom stereocenters. The van der Waals surface area contributed by atoms with Crippen LogP contribution in [-0.2, 0) is 11.8 Å². The first-order valence-electron chi connectivity index (χ1n) is 6.11. The van der Waals surface area contributed by atoms with Crippen LogP contribution in [0.4, 0.5) is 0 Å². The second-order valence-electron chi connectivity index (χ2n) is 4.16. The molecule has 20 heavy (non-hydrogen) atoms. The lowest BCUT2D eigenvalue weighted by molar-refractivity contribution is -0.672. The topological polar surface area (TPSA) is 108 Å². The van der Waals surface area contributed by atoms with Gasteiger partial charge in [-0.05, 0) is 13.3 Å². The number of nitrogens with one attached hydrogen (secondary N) is 2. The Morgan fingerprint density at radius 2 is 2.10 bits per heavy atom. The Morgan fingerprint density at radius 1 is 1.40 bits per heavy atom. The highest BCUT2D eigenvalue weighted by Gasteiger charge is 2.10. The maximum atomic E-state index is 11.7. The highest BCUT2D eigenvalue weighted by atomic mass is 16.4. The van der Waals surface area contributed by atoms with Crippen LogP contribution in [0.15, 0.2) is 23.7 Å². The zero-order valence-electron chi connectivity index (χ0n) is 11.5. The summed E-state index contributed by atoms with van der Waals surface area (Å²) in [4.78, 5) is 26.9. The van der Waals surface area contributed by atoms with Crippen LogP contribution in [0.3, 0.4) is 0 Å². The van der Waals surface area contributed by atoms with Crippen LogP contribution in [0, 0.1) is 0 Å². The summed E-state index contributed by atoms with van der Waals surface area (Å²) in [6, 6.07) is 0. The molecular weight excluding hydrogens is 262 g/mol. The lowest BCUT2D eigenvalue weighted by Gasteiger charge is -2.05. The Kier molecular flexibility index (Phi) is 6.08. The minimum atomic E-state index is -0.435. The first-order chi connectivity index (χ1) is 9.54. The van der Waals surface area contributed by atoms with Gasteiger partial charge in [-0.25, -0.2) is 9.55 Å². The molecule has 1 aromatic heterocycles. The van der Waals surface area contributed by atoms with Gasteiger partial charge in [0.25, 0.3) is 11.8 Å². The van der Waals surface area contributed by atoms with Crippen LogP contribution in [0.2, 0.25) is 0 Å². The number of hydrogen-bond donors (Lipinski definition) is 3. The van der Waals surface area contributed by atoms with E-state index in [4.69, 9.17) is 5.21 Å². The van der Waals surface area contributed by atoms with Crippen molar-refractivity contribution in [3.05, 3.63) is 24.3 Å². The molecule has 3 N–H and O–H groups in total. The van der Waals surface area contributed by atoms with Crippen molar-refractivity contribution in [3.63, 3.8) is 0 Å². The highest BCUT2D eigenvalue weighted by molar-refractivity contribution is 6.37. The summed E-state index contributed by atoms with van der Waals surface area (Å²) >= 11 is 0. The average Bonchev–Trinajstić information content (AvgIpc) is 2.45. The van der Waals surface area contributed by atoms with Gasteiger partial charge in [-0.3, -0.25) is 9.59 Å². The van der Waals surface area contributed by atoms with Crippen LogP contribution in [0.25, 0.3) is 0 Å². The van der Waals surface area contributed by atoms with Crippen LogP contribution >= 0.6 is 0 Å². The fourth-order valence-corrected chi connectivity index (χ4v) is 1.36. The molecule has 108 valence electrons. The summed E-state index contributed by atoms with van der Waals surface area (Å²) in [6.07, 6.45) is 5.47. The number of carbonyl (C=O) groups excluding carboxylic acids is 2. The molecule has 0 atom stereocenters. The lowest BCUT2D eigenvalue weighted by Crippen LogP contribution is -2.34. The number of carbonyl (C=O) groups is 2. The third-order valence-electron chi connectivity index (χ3n) is 2.48. The van der Waals surface area contributed by atoms with Crippen LogP contribution < -0.4 is 15.2 Å². The van der Waals surface area contributed by atoms with Crippen LogP contribution in [0.1, 0.15) is 23.8 Å². The number of aryl methyl sites for hydroxylation is 1. The third-order valence-corrected chi connectivity index (χ3v) is 2.48. The number of hydrogen-bond acceptors (Lipinski definition) is 5. The van der Waals surface area contributed by atoms with Crippen LogP contribution in [-0.4, -0.2) is 40.8 Å². The molecule has 0 aliphatic heterocycles. The monoisotopic (exact) mass is 280 g/mol. The second kappa shape index (κ2) is 7.82. The van der Waals surface area contributed by atoms with E-state index in [1.54, 1.807) is 30.2 Å². The largest absolute Gasteiger partial charge is 0.410 e. The predicted octanol–water partition coefficient (Wildman–Crippen LogP) is -1.01. The quantitative estimate of drug-likeness (QED) is 0.204. The van der Waals surface area contributed by atoms with Crippen molar-refractivity contribution >= 4 is 17.5 Å². The van der Waals surface area contributed by atoms with Gasteiger partial charge in [0.1, 0.15) is 12.8 Å². The van der Waals surface area contributed by atoms with E-state index >= 15 is 0 Å². The molecule has 0 bridgehead atoms. The minimum absolute atomic E-state index is 0.00461. The molecule has 0 aliphatic carbocycles. The molecule has 0 aromatic carbocycles. The first-order valence-corrected chi connectivity index (χ1v) is 6.11. The summed E-state index contributed by atoms with van der Waals surface area (Å²) in [5, 5.41) is 16.4. The Morgan fingerprint density at radius 3 is 2.75 bits per heavy atom. The molecule has 0 radical (unpaired) electrons. The van der Waals surface area contributed by atoms with Gasteiger partial charge >= 0.3 is 0 Å². The molecule has 0 saturated carbocycles. The summed E-state index contributed by atoms with van der Waals surface area (Å²) in [7, 11) is 1.80. The van der Waals surface area contributed by atoms with E-state index in [1.165, 1.54) is 6.92 Å². The summed E-state index contributed by atoms with van der Waals surface area (Å²) in [5.41, 5.74) is 0.331. The van der Waals surface area contributed by atoms with Crippen molar-refractivity contribution in [3.8, 4) is 0 Å². The van der Waals surface area contributed by atoms with E-state index in [0.717, 1.165) is 0 Å². The number of oxime groups is 1. The normalized spacial score (nSPS) is 11.0. The van der Waals surface area contributed by atoms with Crippen molar-refractivity contribution in [2.24, 2.45) is 12.2 Å². The van der Waals surface area contributed by atoms with Crippen molar-refractivity contribution < 1.29 is 19.4 Å². The van der Waals surface area contributed by atoms with E-state index in [9.17, 15) is 9.59 Å². The number of rotatable bonds is 6. The van der Waals surface area contributed by atoms with Crippen molar-refractivity contribution in [2.75, 3.05) is 13.1 Å². The molecule has 0 aliphatic rings. The van der Waals surface area contributed by atoms with Gasteiger partial charge in [-0.1, -0.05) is 5.16 Å². The lowest BCUT2D eigenvalue weighted by atomic mass is 10.3. The molecule has 1 aromatic rings. The van der Waals surface area contributed by atoms with Gasteiger partial charge in [-0.15, -0.1) is 0 Å². The fraction of sp³-hybridized carbons (Fsp3) is 0.417. The summed E-state index contributed by atoms with van der Waals surface area (Å²) in [5.74, 6) is -0.698. The van der Waals surface area contributed by atoms with Gasteiger partial charge in [0.15, 0.2) is 18.1 Å². The van der Waals surface area contributed by atoms with E-state index in [1.807, 2.05) is 0 Å². The van der Waals surface area contributed by atoms with E-state index < -0.39 is 5.91 Å². The average molecular weight is 280 g/mol. The SMILES string of the molecule is C/C(=N/O)C(=O)NCCCNC(=O)c1c[n+](C)ccn1. The summed E-state index contributed by atoms with van der Waals surface area (Å²) in [6.45, 7) is 2.19. The number of nitrogens with zero attached hydrogens (tertiary/aromatic N) is 3. The minimum Gasteiger partial charge on any atom is -0.410 e. The third kappa shape index (κ3) is 5.01. The maximum absolute atomic E-state index is 11.7. The number of amides is 2. The Bertz CT molecular complexity index is 516. The van der Waals surface area contributed by atoms with E-state index in [-0.39, 0.29) is 11.6 Å². The molecule has 0 spiro atoms. The zero-order valence-corrected chi connectivity index (χ0v) is 11.5. The van der Waals surface area contributed by atoms with Gasteiger partial charge < -0.3 is 15.8 Å². The van der Waals surface area contributed by atoms with E-state index in [2.05, 4.69) is 20.8 Å². The molecule has 8 nitrogen and oxygen atoms in total. The first kappa shape index (κ1) is 15.5. The van der Waals surface area contributed by atoms with Gasteiger partial charge in [0, 0.05) is 13.1 Å². The Labute approximate surface area is 116 Å².